The Labute approximate surface area is 122 Å². The van der Waals surface area contributed by atoms with Crippen molar-refractivity contribution in [3.63, 3.8) is 0 Å². The molecule has 0 radical (unpaired) electrons. The van der Waals surface area contributed by atoms with Crippen molar-refractivity contribution in [3.8, 4) is 0 Å². The van der Waals surface area contributed by atoms with E-state index in [-0.39, 0.29) is 0 Å². The molecule has 19 heavy (non-hydrogen) atoms. The number of carboxylic acids is 1. The number of rotatable bonds is 10. The zero-order valence-electron chi connectivity index (χ0n) is 12.5. The second kappa shape index (κ2) is 8.71. The molecule has 110 valence electrons. The monoisotopic (exact) mass is 378 g/mol. The van der Waals surface area contributed by atoms with E-state index in [1.807, 2.05) is 13.8 Å². The van der Waals surface area contributed by atoms with Crippen LogP contribution in [0.4, 0.5) is 0 Å². The van der Waals surface area contributed by atoms with Crippen molar-refractivity contribution in [2.45, 2.75) is 65.7 Å². The molecule has 0 saturated carbocycles. The second-order valence-electron chi connectivity index (χ2n) is 5.21. The maximum absolute atomic E-state index is 12.0. The quantitative estimate of drug-likeness (QED) is 0.470. The molecule has 0 spiro atoms. The molecule has 0 saturated heterocycles. The van der Waals surface area contributed by atoms with Crippen LogP contribution >= 0.6 is 0 Å². The van der Waals surface area contributed by atoms with Gasteiger partial charge in [0.15, 0.2) is 0 Å². The maximum atomic E-state index is 12.0. The Morgan fingerprint density at radius 1 is 0.947 bits per heavy atom. The van der Waals surface area contributed by atoms with Gasteiger partial charge in [-0.3, -0.25) is 0 Å². The zero-order chi connectivity index (χ0) is 15.1. The van der Waals surface area contributed by atoms with Gasteiger partial charge in [-0.1, -0.05) is 0 Å². The molecular weight excluding hydrogens is 351 g/mol. The molecule has 0 aromatic rings. The van der Waals surface area contributed by atoms with Crippen LogP contribution in [-0.4, -0.2) is 42.4 Å². The van der Waals surface area contributed by atoms with Gasteiger partial charge in [-0.2, -0.15) is 0 Å². The van der Waals surface area contributed by atoms with Crippen LogP contribution in [0, 0.1) is 0 Å². The minimum absolute atomic E-state index is 0.444. The number of carbonyl (C=O) groups excluding carboxylic acids is 2. The summed E-state index contributed by atoms with van der Waals surface area (Å²) in [5.41, 5.74) is 0. The Balaban J connectivity index is 5.50. The van der Waals surface area contributed by atoms with E-state index in [4.69, 9.17) is 0 Å². The Morgan fingerprint density at radius 2 is 1.32 bits per heavy atom. The van der Waals surface area contributed by atoms with Crippen molar-refractivity contribution in [1.29, 1.82) is 0 Å². The Hall–Kier alpha value is -0.391. The summed E-state index contributed by atoms with van der Waals surface area (Å²) in [5.74, 6) is -2.08. The SMILES string of the molecule is CCC[CH2][SnH]([CH2]CCC)[C](C(C)=O)(C(C)=O)C(=O)O. The first-order chi connectivity index (χ1) is 8.85. The molecule has 0 rings (SSSR count). The summed E-state index contributed by atoms with van der Waals surface area (Å²) < 4.78 is 0.0132. The summed E-state index contributed by atoms with van der Waals surface area (Å²) in [4.78, 5) is 35.6. The third-order valence-electron chi connectivity index (χ3n) is 3.87. The van der Waals surface area contributed by atoms with Gasteiger partial charge < -0.3 is 0 Å². The molecule has 0 aliphatic heterocycles. The van der Waals surface area contributed by atoms with Crippen LogP contribution in [0.1, 0.15) is 53.4 Å². The molecule has 0 aliphatic rings. The van der Waals surface area contributed by atoms with E-state index in [1.54, 1.807) is 0 Å². The second-order valence-corrected chi connectivity index (χ2v) is 15.0. The van der Waals surface area contributed by atoms with Crippen molar-refractivity contribution >= 4 is 37.3 Å². The van der Waals surface area contributed by atoms with Gasteiger partial charge in [0.05, 0.1) is 0 Å². The van der Waals surface area contributed by atoms with Gasteiger partial charge in [0.2, 0.25) is 0 Å². The van der Waals surface area contributed by atoms with E-state index in [1.165, 1.54) is 13.8 Å². The normalized spacial score (nSPS) is 11.6. The molecule has 0 heterocycles. The molecule has 0 amide bonds. The number of Topliss-reactive ketones (excluding diaryl/α,β-unsaturated/α-hetero) is 2. The summed E-state index contributed by atoms with van der Waals surface area (Å²) in [6.45, 7) is 6.65. The van der Waals surface area contributed by atoms with E-state index >= 15 is 0 Å². The summed E-state index contributed by atoms with van der Waals surface area (Å²) in [6.07, 6.45) is 3.82. The molecule has 5 heteroatoms. The molecule has 0 bridgehead atoms. The number of hydrogen-bond acceptors (Lipinski definition) is 3. The average Bonchev–Trinajstić information content (AvgIpc) is 2.31. The first-order valence-corrected chi connectivity index (χ1v) is 13.4. The molecule has 0 aromatic heterocycles. The van der Waals surface area contributed by atoms with Crippen LogP contribution in [0.25, 0.3) is 0 Å². The van der Waals surface area contributed by atoms with E-state index in [0.717, 1.165) is 34.6 Å². The van der Waals surface area contributed by atoms with Gasteiger partial charge in [-0.15, -0.1) is 0 Å². The van der Waals surface area contributed by atoms with Crippen molar-refractivity contribution in [2.24, 2.45) is 0 Å². The van der Waals surface area contributed by atoms with Crippen molar-refractivity contribution in [1.82, 2.24) is 0 Å². The summed E-state index contributed by atoms with van der Waals surface area (Å²) in [7, 11) is 0. The van der Waals surface area contributed by atoms with Crippen molar-refractivity contribution in [3.05, 3.63) is 0 Å². The molecular formula is C14H26O4Sn. The van der Waals surface area contributed by atoms with Crippen LogP contribution in [0.5, 0.6) is 0 Å². The third kappa shape index (κ3) is 4.29. The zero-order valence-corrected chi connectivity index (χ0v) is 15.8. The number of unbranched alkanes of at least 4 members (excludes halogenated alkanes) is 2. The molecule has 0 aliphatic carbocycles. The predicted molar refractivity (Wildman–Crippen MR) is 78.3 cm³/mol. The van der Waals surface area contributed by atoms with Crippen LogP contribution < -0.4 is 0 Å². The van der Waals surface area contributed by atoms with Gasteiger partial charge >= 0.3 is 122 Å². The number of carboxylic acid groups (broad SMARTS) is 1. The van der Waals surface area contributed by atoms with E-state index in [0.29, 0.717) is 0 Å². The molecule has 1 N–H and O–H groups in total. The van der Waals surface area contributed by atoms with Crippen LogP contribution in [0.2, 0.25) is 12.3 Å². The summed E-state index contributed by atoms with van der Waals surface area (Å²) in [5, 5.41) is 9.54. The number of hydrogen-bond donors (Lipinski definition) is 1. The number of carbonyl (C=O) groups is 3. The fourth-order valence-electron chi connectivity index (χ4n) is 2.78. The predicted octanol–water partition coefficient (Wildman–Crippen LogP) is 2.82. The van der Waals surface area contributed by atoms with Crippen LogP contribution in [0.15, 0.2) is 0 Å². The molecule has 0 fully saturated rings. The fraction of sp³-hybridized carbons (Fsp3) is 0.786. The van der Waals surface area contributed by atoms with Crippen LogP contribution in [0.3, 0.4) is 0 Å². The Kier molecular flexibility index (Phi) is 8.54. The van der Waals surface area contributed by atoms with E-state index in [2.05, 4.69) is 0 Å². The fourth-order valence-corrected chi connectivity index (χ4v) is 15.5. The van der Waals surface area contributed by atoms with Gasteiger partial charge in [0, 0.05) is 0 Å². The molecule has 0 aromatic carbocycles. The van der Waals surface area contributed by atoms with E-state index in [9.17, 15) is 19.5 Å². The summed E-state index contributed by atoms with van der Waals surface area (Å²) >= 11 is -2.81. The topological polar surface area (TPSA) is 71.4 Å². The number of aliphatic carboxylic acids is 1. The van der Waals surface area contributed by atoms with Gasteiger partial charge in [-0.05, 0) is 0 Å². The third-order valence-corrected chi connectivity index (χ3v) is 16.7. The Morgan fingerprint density at radius 3 is 1.53 bits per heavy atom. The average molecular weight is 377 g/mol. The molecule has 4 nitrogen and oxygen atoms in total. The minimum atomic E-state index is -2.81. The first-order valence-electron chi connectivity index (χ1n) is 7.11. The van der Waals surface area contributed by atoms with Gasteiger partial charge in [0.1, 0.15) is 0 Å². The van der Waals surface area contributed by atoms with E-state index < -0.39 is 40.7 Å². The van der Waals surface area contributed by atoms with Crippen LogP contribution in [-0.2, 0) is 14.4 Å². The molecule has 0 unspecified atom stereocenters. The Bertz CT molecular complexity index is 294. The van der Waals surface area contributed by atoms with Crippen molar-refractivity contribution in [2.75, 3.05) is 0 Å². The summed E-state index contributed by atoms with van der Waals surface area (Å²) in [6, 6.07) is 0. The molecule has 0 atom stereocenters. The standard InChI is InChI=1S/C6H7O4.2C4H9.Sn.H/c1-3(7)5(4(2)8)6(9)10;2*1-3-4-2;;/h1-2H3,(H,9,10);2*1,3-4H2,2H3;;. The van der Waals surface area contributed by atoms with Gasteiger partial charge in [-0.25, -0.2) is 0 Å². The number of ketones is 2. The first kappa shape index (κ1) is 18.6. The van der Waals surface area contributed by atoms with Crippen molar-refractivity contribution < 1.29 is 19.5 Å². The van der Waals surface area contributed by atoms with Gasteiger partial charge in [0.25, 0.3) is 0 Å².